The monoisotopic (exact) mass is 1190 g/mol. The number of nitrogens with one attached hydrogen (secondary N) is 4. The number of halogens is 2. The van der Waals surface area contributed by atoms with E-state index in [1.54, 1.807) is 12.1 Å². The molecule has 1 unspecified atom stereocenters. The maximum absolute atomic E-state index is 15.1. The molecular weight excluding hydrogens is 1110 g/mol. The van der Waals surface area contributed by atoms with E-state index in [1.807, 2.05) is 6.07 Å². The molecular formula is C59H73F2N8O12PS. The molecule has 0 spiro atoms. The Morgan fingerprint density at radius 2 is 1.58 bits per heavy atom. The first-order valence-electron chi connectivity index (χ1n) is 29.2. The summed E-state index contributed by atoms with van der Waals surface area (Å²) in [6, 6.07) is 4.40. The highest BCUT2D eigenvalue weighted by atomic mass is 32.1. The van der Waals surface area contributed by atoms with Crippen molar-refractivity contribution < 1.29 is 66.3 Å². The lowest BCUT2D eigenvalue weighted by atomic mass is 9.73. The van der Waals surface area contributed by atoms with Gasteiger partial charge in [0.15, 0.2) is 0 Å². The van der Waals surface area contributed by atoms with Gasteiger partial charge in [-0.1, -0.05) is 68.9 Å². The average molecular weight is 1190 g/mol. The van der Waals surface area contributed by atoms with Crippen LogP contribution in [0.1, 0.15) is 178 Å². The molecule has 20 nitrogen and oxygen atoms in total. The van der Waals surface area contributed by atoms with Crippen LogP contribution in [0, 0.1) is 23.7 Å². The average Bonchev–Trinajstić information content (AvgIpc) is 4.43. The van der Waals surface area contributed by atoms with Gasteiger partial charge in [0.25, 0.3) is 11.8 Å². The number of fused-ring (bicyclic) bond motifs is 3. The van der Waals surface area contributed by atoms with Gasteiger partial charge in [0, 0.05) is 78.8 Å². The molecule has 5 atom stereocenters. The summed E-state index contributed by atoms with van der Waals surface area (Å²) in [6.45, 7) is 0.0702. The van der Waals surface area contributed by atoms with Crippen LogP contribution in [-0.4, -0.2) is 127 Å². The van der Waals surface area contributed by atoms with Crippen LogP contribution < -0.4 is 27.0 Å². The Bertz CT molecular complexity index is 3110. The second-order valence-electron chi connectivity index (χ2n) is 23.1. The van der Waals surface area contributed by atoms with Crippen molar-refractivity contribution in [2.24, 2.45) is 17.6 Å². The van der Waals surface area contributed by atoms with Gasteiger partial charge in [-0.3, -0.25) is 53.0 Å². The zero-order valence-electron chi connectivity index (χ0n) is 46.3. The minimum Gasteiger partial charge on any atom is -0.370 e. The molecule has 9 amide bonds. The number of nitrogens with two attached hydrogens (primary N) is 1. The van der Waals surface area contributed by atoms with E-state index in [2.05, 4.69) is 33.1 Å². The summed E-state index contributed by atoms with van der Waals surface area (Å²) in [7, 11) is -5.91. The fourth-order valence-electron chi connectivity index (χ4n) is 13.1. The molecule has 24 heteroatoms. The number of imide groups is 1. The maximum atomic E-state index is 15.1. The third-order valence-corrected chi connectivity index (χ3v) is 19.6. The number of thiophene rings is 1. The second-order valence-corrected chi connectivity index (χ2v) is 25.8. The topological polar surface area (TPSA) is 295 Å². The Balaban J connectivity index is 0.879. The lowest BCUT2D eigenvalue weighted by Crippen LogP contribution is -2.62. The Labute approximate surface area is 484 Å². The van der Waals surface area contributed by atoms with E-state index in [-0.39, 0.29) is 104 Å². The molecule has 4 aliphatic heterocycles. The number of nitrogens with zero attached hydrogens (tertiary/aromatic N) is 3. The van der Waals surface area contributed by atoms with Crippen molar-refractivity contribution in [2.45, 2.75) is 190 Å². The molecule has 3 aromatic rings. The quantitative estimate of drug-likeness (QED) is 0.0316. The smallest absolute Gasteiger partial charge is 0.370 e. The van der Waals surface area contributed by atoms with Crippen LogP contribution in [-0.2, 0) is 50.3 Å². The van der Waals surface area contributed by atoms with E-state index in [1.165, 1.54) is 26.8 Å². The lowest BCUT2D eigenvalue weighted by Gasteiger charge is -2.40. The minimum absolute atomic E-state index is 0.0258. The number of hydrogen-bond acceptors (Lipinski definition) is 11. The van der Waals surface area contributed by atoms with Crippen LogP contribution in [0.5, 0.6) is 0 Å². The fourth-order valence-corrected chi connectivity index (χ4v) is 14.5. The highest BCUT2D eigenvalue weighted by molar-refractivity contribution is 7.52. The highest BCUT2D eigenvalue weighted by Crippen LogP contribution is 2.59. The van der Waals surface area contributed by atoms with Crippen molar-refractivity contribution in [2.75, 3.05) is 13.1 Å². The Kier molecular flexibility index (Phi) is 19.5. The van der Waals surface area contributed by atoms with Crippen LogP contribution in [0.25, 0.3) is 10.1 Å². The van der Waals surface area contributed by atoms with Crippen molar-refractivity contribution in [1.82, 2.24) is 36.0 Å². The Morgan fingerprint density at radius 3 is 2.27 bits per heavy atom. The first-order valence-corrected chi connectivity index (χ1v) is 31.6. The number of unbranched alkanes of at least 4 members (excludes halogenated alkanes) is 3. The molecule has 2 aliphatic carbocycles. The summed E-state index contributed by atoms with van der Waals surface area (Å²) in [5.41, 5.74) is 1.95. The molecule has 9 rings (SSSR count). The number of carbonyl (C=O) groups is 9. The summed E-state index contributed by atoms with van der Waals surface area (Å²) in [4.78, 5) is 145. The van der Waals surface area contributed by atoms with Crippen LogP contribution >= 0.6 is 18.9 Å². The van der Waals surface area contributed by atoms with E-state index < -0.39 is 84.5 Å². The zero-order chi connectivity index (χ0) is 59.2. The van der Waals surface area contributed by atoms with E-state index in [0.717, 1.165) is 87.7 Å². The molecule has 5 fully saturated rings. The van der Waals surface area contributed by atoms with Gasteiger partial charge in [-0.25, -0.2) is 0 Å². The summed E-state index contributed by atoms with van der Waals surface area (Å²) in [5, 5.41) is 11.4. The molecule has 0 radical (unpaired) electrons. The molecule has 1 aromatic heterocycles. The molecule has 8 N–H and O–H groups in total. The van der Waals surface area contributed by atoms with Gasteiger partial charge in [-0.15, -0.1) is 11.3 Å². The van der Waals surface area contributed by atoms with Crippen LogP contribution in [0.15, 0.2) is 42.5 Å². The van der Waals surface area contributed by atoms with Crippen LogP contribution in [0.3, 0.4) is 0 Å². The van der Waals surface area contributed by atoms with Gasteiger partial charge in [-0.2, -0.15) is 8.78 Å². The van der Waals surface area contributed by atoms with Crippen LogP contribution in [0.4, 0.5) is 8.78 Å². The number of hydrogen-bond donors (Lipinski definition) is 7. The summed E-state index contributed by atoms with van der Waals surface area (Å²) >= 11 is 0.891. The van der Waals surface area contributed by atoms with Crippen molar-refractivity contribution in [1.29, 1.82) is 0 Å². The first-order chi connectivity index (χ1) is 39.7. The predicted molar refractivity (Wildman–Crippen MR) is 302 cm³/mol. The SMILES string of the molecule is NC(=O)CC[C@H](NC(=O)[C@@H]1CC[C@@H]2CCN(C(=O)CCCCCC#Cc3cccc4c3CN(C3CCC(=O)NC3=O)C4=O)C[C@H](NC(=O)c3cc4cc(C(F)(F)P(=O)(O)O)ccc4s3)C(=O)N21)C(=O)NC(C1CCCCC1)C1CCCCC1. The van der Waals surface area contributed by atoms with Gasteiger partial charge in [0.2, 0.25) is 41.4 Å². The van der Waals surface area contributed by atoms with Crippen molar-refractivity contribution in [3.63, 3.8) is 0 Å². The predicted octanol–water partition coefficient (Wildman–Crippen LogP) is 5.98. The Morgan fingerprint density at radius 1 is 0.855 bits per heavy atom. The molecule has 6 aliphatic rings. The number of benzene rings is 2. The number of primary amides is 1. The third-order valence-electron chi connectivity index (χ3n) is 17.5. The summed E-state index contributed by atoms with van der Waals surface area (Å²) in [6.07, 6.45) is 13.8. The molecule has 446 valence electrons. The van der Waals surface area contributed by atoms with Gasteiger partial charge in [0.05, 0.1) is 4.88 Å². The normalized spacial score (nSPS) is 22.3. The molecule has 2 saturated carbocycles. The molecule has 3 saturated heterocycles. The van der Waals surface area contributed by atoms with E-state index in [9.17, 15) is 61.5 Å². The molecule has 2 aromatic carbocycles. The minimum atomic E-state index is -5.91. The summed E-state index contributed by atoms with van der Waals surface area (Å²) in [5.74, 6) is 2.31. The highest BCUT2D eigenvalue weighted by Gasteiger charge is 2.51. The second kappa shape index (κ2) is 26.5. The Hall–Kier alpha value is -6.60. The van der Waals surface area contributed by atoms with Gasteiger partial charge in [0.1, 0.15) is 24.2 Å². The van der Waals surface area contributed by atoms with Gasteiger partial charge >= 0.3 is 13.3 Å². The third kappa shape index (κ3) is 14.2. The lowest BCUT2D eigenvalue weighted by molar-refractivity contribution is -0.145. The number of alkyl halides is 2. The fraction of sp³-hybridized carbons (Fsp3) is 0.576. The zero-order valence-corrected chi connectivity index (χ0v) is 48.1. The maximum Gasteiger partial charge on any atom is 0.399 e. The molecule has 5 heterocycles. The summed E-state index contributed by atoms with van der Waals surface area (Å²) < 4.78 is 41.5. The van der Waals surface area contributed by atoms with Crippen molar-refractivity contribution >= 4 is 82.2 Å². The standard InChI is InChI=1S/C59H73F2N8O12PS/c60-59(61,82(79,80)81)39-21-26-47-38(31-39)32-48(83-47)56(76)64-44-34-67(51(72)20-11-3-1-2-6-13-35-18-12-19-41-42(35)33-68(57(41)77)45-25-28-50(71)65-54(45)74)30-29-40-22-24-46(69(40)58(44)78)55(75)63-43(23-27-49(62)70)53(73)66-52(36-14-7-4-8-15-36)37-16-9-5-10-17-37/h12,18-19,21,26,31-32,36-37,40,43-46,52H,1-5,7-11,14-17,20,22-25,27-30,33-34H2,(H2,62,70)(H,63,75)(H,64,76)(H,66,73)(H,65,71,74)(H2,79,80,81)/t40-,43+,44+,45?,46+/m1/s1. The number of carbonyl (C=O) groups excluding carboxylic acids is 9. The van der Waals surface area contributed by atoms with E-state index in [4.69, 9.17) is 5.73 Å². The van der Waals surface area contributed by atoms with Gasteiger partial charge in [-0.05, 0) is 124 Å². The van der Waals surface area contributed by atoms with E-state index in [0.29, 0.717) is 59.9 Å². The van der Waals surface area contributed by atoms with Crippen molar-refractivity contribution in [3.05, 3.63) is 69.6 Å². The number of amides is 9. The number of piperidine rings is 1. The largest absolute Gasteiger partial charge is 0.399 e. The van der Waals surface area contributed by atoms with E-state index >= 15 is 4.79 Å². The first kappa shape index (κ1) is 61.0. The number of rotatable bonds is 19. The van der Waals surface area contributed by atoms with Gasteiger partial charge < -0.3 is 46.2 Å². The molecule has 83 heavy (non-hydrogen) atoms. The van der Waals surface area contributed by atoms with Crippen LogP contribution in [0.2, 0.25) is 0 Å². The van der Waals surface area contributed by atoms with Crippen molar-refractivity contribution in [3.8, 4) is 11.8 Å². The molecule has 0 bridgehead atoms.